The number of allylic oxidation sites excluding steroid dienone is 2. The van der Waals surface area contributed by atoms with Gasteiger partial charge in [0, 0.05) is 0 Å². The van der Waals surface area contributed by atoms with E-state index in [2.05, 4.69) is 26.5 Å². The zero-order chi connectivity index (χ0) is 11.0. The van der Waals surface area contributed by atoms with Crippen LogP contribution in [0.1, 0.15) is 33.6 Å². The van der Waals surface area contributed by atoms with Gasteiger partial charge in [0.25, 0.3) is 0 Å². The van der Waals surface area contributed by atoms with Gasteiger partial charge in [-0.05, 0) is 24.8 Å². The molecule has 0 aromatic heterocycles. The summed E-state index contributed by atoms with van der Waals surface area (Å²) in [6.45, 7) is 10.1. The van der Waals surface area contributed by atoms with Crippen molar-refractivity contribution in [1.82, 2.24) is 0 Å². The molecule has 0 aliphatic rings. The molecule has 0 aromatic rings. The number of aliphatic hydroxyl groups is 1. The summed E-state index contributed by atoms with van der Waals surface area (Å²) in [4.78, 5) is 0. The molecule has 1 heteroatoms. The zero-order valence-corrected chi connectivity index (χ0v) is 9.53. The summed E-state index contributed by atoms with van der Waals surface area (Å²) in [6.07, 6.45) is 9.27. The first-order chi connectivity index (χ1) is 6.61. The van der Waals surface area contributed by atoms with Gasteiger partial charge in [0.15, 0.2) is 0 Å². The van der Waals surface area contributed by atoms with Crippen molar-refractivity contribution >= 4 is 0 Å². The monoisotopic (exact) mass is 194 g/mol. The summed E-state index contributed by atoms with van der Waals surface area (Å²) in [5.41, 5.74) is 0.756. The Bertz CT molecular complexity index is 213. The molecule has 0 amide bonds. The van der Waals surface area contributed by atoms with Gasteiger partial charge < -0.3 is 5.11 Å². The lowest BCUT2D eigenvalue weighted by molar-refractivity contribution is 0.263. The quantitative estimate of drug-likeness (QED) is 0.507. The maximum Gasteiger partial charge on any atom is 0.0965 e. The van der Waals surface area contributed by atoms with Crippen LogP contribution in [-0.4, -0.2) is 11.2 Å². The molecule has 0 aliphatic heterocycles. The summed E-state index contributed by atoms with van der Waals surface area (Å²) >= 11 is 0. The second kappa shape index (κ2) is 7.57. The van der Waals surface area contributed by atoms with Gasteiger partial charge >= 0.3 is 0 Å². The van der Waals surface area contributed by atoms with Crippen molar-refractivity contribution < 1.29 is 5.11 Å². The molecular formula is C13H22O. The van der Waals surface area contributed by atoms with E-state index in [1.165, 1.54) is 6.42 Å². The van der Waals surface area contributed by atoms with E-state index >= 15 is 0 Å². The molecule has 0 spiro atoms. The first kappa shape index (κ1) is 13.2. The Labute approximate surface area is 87.8 Å². The van der Waals surface area contributed by atoms with Crippen LogP contribution in [0.2, 0.25) is 0 Å². The van der Waals surface area contributed by atoms with Gasteiger partial charge in [-0.3, -0.25) is 0 Å². The van der Waals surface area contributed by atoms with Crippen molar-refractivity contribution in [3.63, 3.8) is 0 Å². The molecule has 2 atom stereocenters. The fraction of sp³-hybridized carbons (Fsp3) is 0.538. The van der Waals surface area contributed by atoms with E-state index in [-0.39, 0.29) is 0 Å². The van der Waals surface area contributed by atoms with Gasteiger partial charge in [-0.25, -0.2) is 0 Å². The number of rotatable bonds is 6. The minimum atomic E-state index is -0.534. The highest BCUT2D eigenvalue weighted by Crippen LogP contribution is 2.09. The average molecular weight is 194 g/mol. The molecule has 0 fully saturated rings. The van der Waals surface area contributed by atoms with E-state index in [0.29, 0.717) is 5.92 Å². The molecule has 0 aliphatic carbocycles. The van der Waals surface area contributed by atoms with Crippen molar-refractivity contribution in [3.05, 3.63) is 36.5 Å². The third-order valence-electron chi connectivity index (χ3n) is 2.32. The van der Waals surface area contributed by atoms with Crippen LogP contribution in [0.5, 0.6) is 0 Å². The molecule has 14 heavy (non-hydrogen) atoms. The zero-order valence-electron chi connectivity index (χ0n) is 9.53. The van der Waals surface area contributed by atoms with Crippen molar-refractivity contribution in [2.45, 2.75) is 39.7 Å². The average Bonchev–Trinajstić information content (AvgIpc) is 2.17. The van der Waals surface area contributed by atoms with Gasteiger partial charge in [0.1, 0.15) is 0 Å². The summed E-state index contributed by atoms with van der Waals surface area (Å²) < 4.78 is 0. The highest BCUT2D eigenvalue weighted by molar-refractivity contribution is 5.23. The van der Waals surface area contributed by atoms with E-state index < -0.39 is 6.10 Å². The van der Waals surface area contributed by atoms with Crippen LogP contribution in [0.15, 0.2) is 36.5 Å². The maximum absolute atomic E-state index is 9.50. The Morgan fingerprint density at radius 1 is 1.50 bits per heavy atom. The van der Waals surface area contributed by atoms with Crippen LogP contribution < -0.4 is 0 Å². The fourth-order valence-electron chi connectivity index (χ4n) is 1.02. The molecule has 80 valence electrons. The predicted molar refractivity (Wildman–Crippen MR) is 63.2 cm³/mol. The van der Waals surface area contributed by atoms with E-state index in [1.807, 2.05) is 19.1 Å². The SMILES string of the molecule is C=C(/C=C\CC(C)CC)C(O)/C=C/C. The van der Waals surface area contributed by atoms with Crippen LogP contribution in [-0.2, 0) is 0 Å². The third-order valence-corrected chi connectivity index (χ3v) is 2.32. The van der Waals surface area contributed by atoms with Gasteiger partial charge in [-0.2, -0.15) is 0 Å². The Morgan fingerprint density at radius 3 is 2.64 bits per heavy atom. The lowest BCUT2D eigenvalue weighted by Crippen LogP contribution is -2.02. The van der Waals surface area contributed by atoms with E-state index in [0.717, 1.165) is 12.0 Å². The van der Waals surface area contributed by atoms with Crippen LogP contribution in [0.25, 0.3) is 0 Å². The Hall–Kier alpha value is -0.820. The molecule has 2 unspecified atom stereocenters. The Balaban J connectivity index is 3.93. The maximum atomic E-state index is 9.50. The molecule has 0 bridgehead atoms. The molecule has 0 radical (unpaired) electrons. The highest BCUT2D eigenvalue weighted by atomic mass is 16.3. The normalized spacial score (nSPS) is 16.3. The van der Waals surface area contributed by atoms with Crippen molar-refractivity contribution in [3.8, 4) is 0 Å². The molecule has 1 N–H and O–H groups in total. The summed E-state index contributed by atoms with van der Waals surface area (Å²) in [5.74, 6) is 0.706. The summed E-state index contributed by atoms with van der Waals surface area (Å²) in [5, 5.41) is 9.50. The molecule has 0 heterocycles. The highest BCUT2D eigenvalue weighted by Gasteiger charge is 2.00. The smallest absolute Gasteiger partial charge is 0.0965 e. The second-order valence-electron chi connectivity index (χ2n) is 3.70. The molecule has 1 nitrogen and oxygen atoms in total. The Kier molecular flexibility index (Phi) is 7.13. The molecule has 0 saturated carbocycles. The predicted octanol–water partition coefficient (Wildman–Crippen LogP) is 3.47. The summed E-state index contributed by atoms with van der Waals surface area (Å²) in [6, 6.07) is 0. The largest absolute Gasteiger partial charge is 0.384 e. The van der Waals surface area contributed by atoms with Crippen molar-refractivity contribution in [2.75, 3.05) is 0 Å². The number of aliphatic hydroxyl groups excluding tert-OH is 1. The Morgan fingerprint density at radius 2 is 2.14 bits per heavy atom. The second-order valence-corrected chi connectivity index (χ2v) is 3.70. The van der Waals surface area contributed by atoms with Gasteiger partial charge in [-0.1, -0.05) is 51.2 Å². The van der Waals surface area contributed by atoms with Crippen LogP contribution in [0.4, 0.5) is 0 Å². The lowest BCUT2D eigenvalue weighted by atomic mass is 10.0. The van der Waals surface area contributed by atoms with Crippen LogP contribution >= 0.6 is 0 Å². The molecule has 0 saturated heterocycles. The minimum Gasteiger partial charge on any atom is -0.384 e. The fourth-order valence-corrected chi connectivity index (χ4v) is 1.02. The first-order valence-electron chi connectivity index (χ1n) is 5.28. The molecular weight excluding hydrogens is 172 g/mol. The first-order valence-corrected chi connectivity index (χ1v) is 5.28. The van der Waals surface area contributed by atoms with Crippen molar-refractivity contribution in [2.24, 2.45) is 5.92 Å². The lowest BCUT2D eigenvalue weighted by Gasteiger charge is -2.06. The van der Waals surface area contributed by atoms with Crippen LogP contribution in [0.3, 0.4) is 0 Å². The standard InChI is InChI=1S/C13H22O/c1-5-8-13(14)12(4)10-7-9-11(3)6-2/h5,7-8,10-11,13-14H,4,6,9H2,1-3H3/b8-5+,10-7-. The van der Waals surface area contributed by atoms with Crippen molar-refractivity contribution in [1.29, 1.82) is 0 Å². The molecule has 0 aromatic carbocycles. The van der Waals surface area contributed by atoms with E-state index in [4.69, 9.17) is 0 Å². The van der Waals surface area contributed by atoms with Gasteiger partial charge in [0.05, 0.1) is 6.10 Å². The third kappa shape index (κ3) is 5.76. The number of hydrogen-bond acceptors (Lipinski definition) is 1. The number of hydrogen-bond donors (Lipinski definition) is 1. The molecule has 0 rings (SSSR count). The van der Waals surface area contributed by atoms with Gasteiger partial charge in [0.2, 0.25) is 0 Å². The summed E-state index contributed by atoms with van der Waals surface area (Å²) in [7, 11) is 0. The van der Waals surface area contributed by atoms with Gasteiger partial charge in [-0.15, -0.1) is 0 Å². The minimum absolute atomic E-state index is 0.534. The van der Waals surface area contributed by atoms with Crippen LogP contribution in [0, 0.1) is 5.92 Å². The topological polar surface area (TPSA) is 20.2 Å². The van der Waals surface area contributed by atoms with E-state index in [9.17, 15) is 5.11 Å². The van der Waals surface area contributed by atoms with E-state index in [1.54, 1.807) is 6.08 Å².